The van der Waals surface area contributed by atoms with Gasteiger partial charge in [0.1, 0.15) is 5.54 Å². The van der Waals surface area contributed by atoms with Gasteiger partial charge in [-0.05, 0) is 50.9 Å². The topological polar surface area (TPSA) is 113 Å². The second-order valence-corrected chi connectivity index (χ2v) is 9.87. The number of nitrogens with zero attached hydrogens (tertiary/aromatic N) is 3. The smallest absolute Gasteiger partial charge is 0.274 e. The lowest BCUT2D eigenvalue weighted by Gasteiger charge is -2.36. The number of amides is 3. The van der Waals surface area contributed by atoms with Crippen molar-refractivity contribution in [2.75, 3.05) is 16.8 Å². The Morgan fingerprint density at radius 3 is 2.65 bits per heavy atom. The second-order valence-electron chi connectivity index (χ2n) is 9.46. The molecule has 4 heterocycles. The van der Waals surface area contributed by atoms with Crippen LogP contribution in [0.4, 0.5) is 17.1 Å². The summed E-state index contributed by atoms with van der Waals surface area (Å²) >= 11 is 6.32. The summed E-state index contributed by atoms with van der Waals surface area (Å²) < 4.78 is 0. The van der Waals surface area contributed by atoms with E-state index in [0.717, 1.165) is 11.3 Å². The first-order chi connectivity index (χ1) is 16.2. The molecule has 0 saturated carbocycles. The Morgan fingerprint density at radius 1 is 1.15 bits per heavy atom. The zero-order chi connectivity index (χ0) is 24.1. The molecule has 10 heteroatoms. The number of benzene rings is 2. The normalized spacial score (nSPS) is 29.6. The van der Waals surface area contributed by atoms with Crippen LogP contribution in [0.25, 0.3) is 0 Å². The number of nitro benzene ring substituents is 1. The summed E-state index contributed by atoms with van der Waals surface area (Å²) in [6.45, 7) is 4.01. The van der Waals surface area contributed by atoms with Crippen molar-refractivity contribution in [3.05, 3.63) is 62.2 Å². The van der Waals surface area contributed by atoms with Crippen LogP contribution in [0.1, 0.15) is 29.5 Å². The van der Waals surface area contributed by atoms with Gasteiger partial charge in [0, 0.05) is 28.3 Å². The van der Waals surface area contributed by atoms with Gasteiger partial charge in [0.15, 0.2) is 0 Å². The molecule has 4 atom stereocenters. The van der Waals surface area contributed by atoms with E-state index in [-0.39, 0.29) is 23.3 Å². The van der Waals surface area contributed by atoms with Crippen molar-refractivity contribution in [2.45, 2.75) is 38.3 Å². The Bertz CT molecular complexity index is 1340. The van der Waals surface area contributed by atoms with Gasteiger partial charge in [-0.25, -0.2) is 4.90 Å². The quantitative estimate of drug-likeness (QED) is 0.401. The number of nitro groups is 1. The Hall–Kier alpha value is -3.30. The second kappa shape index (κ2) is 6.86. The van der Waals surface area contributed by atoms with Crippen LogP contribution < -0.4 is 10.2 Å². The van der Waals surface area contributed by atoms with Gasteiger partial charge in [-0.2, -0.15) is 0 Å². The van der Waals surface area contributed by atoms with Crippen molar-refractivity contribution in [1.82, 2.24) is 4.90 Å². The number of carbonyl (C=O) groups excluding carboxylic acids is 3. The maximum atomic E-state index is 14.0. The van der Waals surface area contributed by atoms with Crippen LogP contribution in [0.2, 0.25) is 5.02 Å². The van der Waals surface area contributed by atoms with Gasteiger partial charge in [-0.3, -0.25) is 29.4 Å². The van der Waals surface area contributed by atoms with Gasteiger partial charge in [-0.1, -0.05) is 23.7 Å². The number of aryl methyl sites for hydroxylation is 1. The number of carbonyl (C=O) groups is 3. The molecule has 1 N–H and O–H groups in total. The molecule has 3 amide bonds. The van der Waals surface area contributed by atoms with E-state index in [2.05, 4.69) is 5.32 Å². The van der Waals surface area contributed by atoms with Gasteiger partial charge in [0.25, 0.3) is 5.69 Å². The molecule has 34 heavy (non-hydrogen) atoms. The fourth-order valence-corrected chi connectivity index (χ4v) is 6.74. The van der Waals surface area contributed by atoms with Crippen molar-refractivity contribution in [2.24, 2.45) is 11.8 Å². The molecule has 6 rings (SSSR count). The summed E-state index contributed by atoms with van der Waals surface area (Å²) in [5, 5.41) is 14.9. The molecule has 2 aromatic rings. The minimum Gasteiger partial charge on any atom is -0.324 e. The van der Waals surface area contributed by atoms with Crippen LogP contribution >= 0.6 is 11.6 Å². The lowest BCUT2D eigenvalue weighted by atomic mass is 9.75. The fourth-order valence-electron chi connectivity index (χ4n) is 6.58. The third-order valence-electron chi connectivity index (χ3n) is 8.01. The van der Waals surface area contributed by atoms with Crippen molar-refractivity contribution in [3.63, 3.8) is 0 Å². The number of hydrogen-bond donors (Lipinski definition) is 1. The van der Waals surface area contributed by atoms with Crippen LogP contribution in [0, 0.1) is 35.8 Å². The molecule has 4 aliphatic heterocycles. The van der Waals surface area contributed by atoms with E-state index in [1.54, 1.807) is 25.1 Å². The molecule has 174 valence electrons. The highest BCUT2D eigenvalue weighted by atomic mass is 35.5. The van der Waals surface area contributed by atoms with Gasteiger partial charge in [-0.15, -0.1) is 0 Å². The molecule has 0 aliphatic carbocycles. The first-order valence-electron chi connectivity index (χ1n) is 11.2. The van der Waals surface area contributed by atoms with Crippen LogP contribution in [-0.4, -0.2) is 40.1 Å². The summed E-state index contributed by atoms with van der Waals surface area (Å²) in [6, 6.07) is 7.57. The highest BCUT2D eigenvalue weighted by molar-refractivity contribution is 6.32. The minimum absolute atomic E-state index is 0.160. The molecule has 3 fully saturated rings. The Balaban J connectivity index is 1.54. The molecular formula is C24H21ClN4O5. The van der Waals surface area contributed by atoms with Crippen LogP contribution in [0.15, 0.2) is 30.3 Å². The highest BCUT2D eigenvalue weighted by Gasteiger charge is 2.74. The van der Waals surface area contributed by atoms with Crippen LogP contribution in [-0.2, 0) is 19.9 Å². The molecule has 0 radical (unpaired) electrons. The van der Waals surface area contributed by atoms with Crippen LogP contribution in [0.5, 0.6) is 0 Å². The van der Waals surface area contributed by atoms with Gasteiger partial charge >= 0.3 is 0 Å². The van der Waals surface area contributed by atoms with E-state index in [1.165, 1.54) is 12.1 Å². The lowest BCUT2D eigenvalue weighted by Crippen LogP contribution is -2.54. The number of rotatable bonds is 2. The molecule has 4 aliphatic rings. The number of fused-ring (bicyclic) bond motifs is 7. The van der Waals surface area contributed by atoms with E-state index in [0.29, 0.717) is 40.4 Å². The van der Waals surface area contributed by atoms with E-state index in [4.69, 9.17) is 11.6 Å². The maximum absolute atomic E-state index is 14.0. The van der Waals surface area contributed by atoms with Crippen LogP contribution in [0.3, 0.4) is 0 Å². The van der Waals surface area contributed by atoms with Crippen molar-refractivity contribution in [1.29, 1.82) is 0 Å². The van der Waals surface area contributed by atoms with Crippen molar-refractivity contribution < 1.29 is 19.3 Å². The average molecular weight is 481 g/mol. The van der Waals surface area contributed by atoms with Gasteiger partial charge in [0.05, 0.1) is 28.1 Å². The molecule has 4 unspecified atom stereocenters. The van der Waals surface area contributed by atoms with E-state index >= 15 is 0 Å². The summed E-state index contributed by atoms with van der Waals surface area (Å²) in [5.41, 5.74) is 1.09. The third kappa shape index (κ3) is 2.35. The SMILES string of the molecule is Cc1ccc(N2C(=O)C3C4CCCN4C4(C(=O)Nc5c4ccc(Cl)c5C)C3C2=O)cc1[N+](=O)[O-]. The zero-order valence-corrected chi connectivity index (χ0v) is 19.3. The fraction of sp³-hybridized carbons (Fsp3) is 0.375. The standard InChI is InChI=1S/C24H21ClN4O5/c1-11-5-6-13(10-17(11)29(33)34)28-21(30)18-16-4-3-9-27(16)24(19(18)22(28)31)14-7-8-15(25)12(2)20(14)26-23(24)32/h5-8,10,16,18-19H,3-4,9H2,1-2H3,(H,26,32). The number of hydrogen-bond acceptors (Lipinski definition) is 6. The Labute approximate surface area is 199 Å². The molecule has 9 nitrogen and oxygen atoms in total. The summed E-state index contributed by atoms with van der Waals surface area (Å²) in [6.07, 6.45) is 1.50. The highest BCUT2D eigenvalue weighted by Crippen LogP contribution is 2.61. The van der Waals surface area contributed by atoms with E-state index in [9.17, 15) is 24.5 Å². The first kappa shape index (κ1) is 21.2. The maximum Gasteiger partial charge on any atom is 0.274 e. The average Bonchev–Trinajstić information content (AvgIpc) is 3.50. The summed E-state index contributed by atoms with van der Waals surface area (Å²) in [4.78, 5) is 55.5. The molecule has 2 aromatic carbocycles. The number of imide groups is 1. The Kier molecular flexibility index (Phi) is 4.29. The van der Waals surface area contributed by atoms with Crippen molar-refractivity contribution >= 4 is 46.4 Å². The monoisotopic (exact) mass is 480 g/mol. The first-order valence-corrected chi connectivity index (χ1v) is 11.6. The van der Waals surface area contributed by atoms with E-state index < -0.39 is 34.1 Å². The molecule has 3 saturated heterocycles. The minimum atomic E-state index is -1.31. The van der Waals surface area contributed by atoms with E-state index in [1.807, 2.05) is 11.8 Å². The molecule has 0 aromatic heterocycles. The number of halogens is 1. The largest absolute Gasteiger partial charge is 0.324 e. The molecule has 1 spiro atoms. The summed E-state index contributed by atoms with van der Waals surface area (Å²) in [7, 11) is 0. The number of anilines is 2. The lowest BCUT2D eigenvalue weighted by molar-refractivity contribution is -0.385. The predicted molar refractivity (Wildman–Crippen MR) is 124 cm³/mol. The molecule has 0 bridgehead atoms. The predicted octanol–water partition coefficient (Wildman–Crippen LogP) is 3.30. The molecular weight excluding hydrogens is 460 g/mol. The number of nitrogens with one attached hydrogen (secondary N) is 1. The summed E-state index contributed by atoms with van der Waals surface area (Å²) in [5.74, 6) is -2.87. The Morgan fingerprint density at radius 2 is 1.91 bits per heavy atom. The van der Waals surface area contributed by atoms with Gasteiger partial charge in [0.2, 0.25) is 17.7 Å². The van der Waals surface area contributed by atoms with Gasteiger partial charge < -0.3 is 5.32 Å². The third-order valence-corrected chi connectivity index (χ3v) is 8.42. The van der Waals surface area contributed by atoms with Crippen molar-refractivity contribution in [3.8, 4) is 0 Å². The zero-order valence-electron chi connectivity index (χ0n) is 18.5.